The summed E-state index contributed by atoms with van der Waals surface area (Å²) in [4.78, 5) is 2.78. The van der Waals surface area contributed by atoms with Gasteiger partial charge in [-0.15, -0.1) is 0 Å². The Bertz CT molecular complexity index is 197. The molecule has 2 rings (SSSR count). The lowest BCUT2D eigenvalue weighted by Crippen LogP contribution is -2.43. The highest BCUT2D eigenvalue weighted by atomic mass is 15.2. The Labute approximate surface area is 101 Å². The smallest absolute Gasteiger partial charge is 0.0119 e. The SMILES string of the molecule is CC(C)C1CCCN(C2CCNCC2)CC1. The van der Waals surface area contributed by atoms with Crippen molar-refractivity contribution >= 4 is 0 Å². The van der Waals surface area contributed by atoms with Crippen molar-refractivity contribution in [2.75, 3.05) is 26.2 Å². The minimum Gasteiger partial charge on any atom is -0.317 e. The van der Waals surface area contributed by atoms with E-state index in [0.717, 1.165) is 17.9 Å². The summed E-state index contributed by atoms with van der Waals surface area (Å²) in [6, 6.07) is 0.882. The van der Waals surface area contributed by atoms with E-state index in [1.807, 2.05) is 0 Å². The molecule has 2 aliphatic rings. The van der Waals surface area contributed by atoms with Crippen LogP contribution in [0, 0.1) is 11.8 Å². The van der Waals surface area contributed by atoms with Gasteiger partial charge in [-0.3, -0.25) is 0 Å². The van der Waals surface area contributed by atoms with Crippen molar-refractivity contribution in [2.45, 2.75) is 52.0 Å². The zero-order chi connectivity index (χ0) is 11.4. The van der Waals surface area contributed by atoms with Gasteiger partial charge in [0.1, 0.15) is 0 Å². The molecule has 2 aliphatic heterocycles. The van der Waals surface area contributed by atoms with E-state index in [1.165, 1.54) is 58.3 Å². The monoisotopic (exact) mass is 224 g/mol. The van der Waals surface area contributed by atoms with E-state index in [4.69, 9.17) is 0 Å². The van der Waals surface area contributed by atoms with Gasteiger partial charge in [0.2, 0.25) is 0 Å². The van der Waals surface area contributed by atoms with Gasteiger partial charge in [0.25, 0.3) is 0 Å². The van der Waals surface area contributed by atoms with Gasteiger partial charge in [0.05, 0.1) is 0 Å². The predicted octanol–water partition coefficient (Wildman–Crippen LogP) is 2.50. The van der Waals surface area contributed by atoms with Crippen LogP contribution >= 0.6 is 0 Å². The molecule has 1 unspecified atom stereocenters. The van der Waals surface area contributed by atoms with Gasteiger partial charge in [-0.05, 0) is 70.1 Å². The Kier molecular flexibility index (Phi) is 4.66. The minimum atomic E-state index is 0.882. The summed E-state index contributed by atoms with van der Waals surface area (Å²) in [7, 11) is 0. The number of piperidine rings is 1. The first-order chi connectivity index (χ1) is 7.77. The average Bonchev–Trinajstić information content (AvgIpc) is 2.55. The Balaban J connectivity index is 1.83. The predicted molar refractivity (Wildman–Crippen MR) is 69.6 cm³/mol. The molecule has 0 saturated carbocycles. The van der Waals surface area contributed by atoms with Crippen molar-refractivity contribution in [3.05, 3.63) is 0 Å². The lowest BCUT2D eigenvalue weighted by atomic mass is 9.89. The van der Waals surface area contributed by atoms with Crippen LogP contribution in [-0.2, 0) is 0 Å². The van der Waals surface area contributed by atoms with E-state index < -0.39 is 0 Å². The zero-order valence-corrected chi connectivity index (χ0v) is 11.0. The molecular formula is C14H28N2. The van der Waals surface area contributed by atoms with Crippen LogP contribution in [0.2, 0.25) is 0 Å². The molecule has 0 amide bonds. The molecule has 0 aromatic heterocycles. The molecule has 2 nitrogen and oxygen atoms in total. The molecule has 2 heterocycles. The van der Waals surface area contributed by atoms with Gasteiger partial charge in [0.15, 0.2) is 0 Å². The molecular weight excluding hydrogens is 196 g/mol. The van der Waals surface area contributed by atoms with Crippen LogP contribution in [0.4, 0.5) is 0 Å². The maximum absolute atomic E-state index is 3.47. The fraction of sp³-hybridized carbons (Fsp3) is 1.00. The molecule has 1 atom stereocenters. The third-order valence-corrected chi connectivity index (χ3v) is 4.58. The van der Waals surface area contributed by atoms with Crippen molar-refractivity contribution < 1.29 is 0 Å². The van der Waals surface area contributed by atoms with Crippen molar-refractivity contribution in [3.8, 4) is 0 Å². The van der Waals surface area contributed by atoms with Crippen LogP contribution in [0.15, 0.2) is 0 Å². The molecule has 0 radical (unpaired) electrons. The van der Waals surface area contributed by atoms with Gasteiger partial charge in [-0.25, -0.2) is 0 Å². The summed E-state index contributed by atoms with van der Waals surface area (Å²) >= 11 is 0. The zero-order valence-electron chi connectivity index (χ0n) is 11.0. The lowest BCUT2D eigenvalue weighted by Gasteiger charge is -2.34. The second-order valence-corrected chi connectivity index (χ2v) is 5.95. The highest BCUT2D eigenvalue weighted by molar-refractivity contribution is 4.81. The van der Waals surface area contributed by atoms with Crippen molar-refractivity contribution in [3.63, 3.8) is 0 Å². The molecule has 2 heteroatoms. The Morgan fingerprint density at radius 3 is 2.44 bits per heavy atom. The molecule has 0 aliphatic carbocycles. The fourth-order valence-corrected chi connectivity index (χ4v) is 3.35. The summed E-state index contributed by atoms with van der Waals surface area (Å²) < 4.78 is 0. The summed E-state index contributed by atoms with van der Waals surface area (Å²) in [5.41, 5.74) is 0. The Hall–Kier alpha value is -0.0800. The lowest BCUT2D eigenvalue weighted by molar-refractivity contribution is 0.164. The van der Waals surface area contributed by atoms with E-state index in [0.29, 0.717) is 0 Å². The van der Waals surface area contributed by atoms with Gasteiger partial charge in [-0.2, -0.15) is 0 Å². The van der Waals surface area contributed by atoms with E-state index in [9.17, 15) is 0 Å². The van der Waals surface area contributed by atoms with Crippen LogP contribution in [0.1, 0.15) is 46.0 Å². The van der Waals surface area contributed by atoms with Crippen LogP contribution in [0.5, 0.6) is 0 Å². The fourth-order valence-electron chi connectivity index (χ4n) is 3.35. The van der Waals surface area contributed by atoms with Crippen molar-refractivity contribution in [2.24, 2.45) is 11.8 Å². The van der Waals surface area contributed by atoms with Crippen molar-refractivity contribution in [1.82, 2.24) is 10.2 Å². The maximum atomic E-state index is 3.47. The Morgan fingerprint density at radius 1 is 1.00 bits per heavy atom. The molecule has 16 heavy (non-hydrogen) atoms. The average molecular weight is 224 g/mol. The quantitative estimate of drug-likeness (QED) is 0.775. The molecule has 1 N–H and O–H groups in total. The first-order valence-electron chi connectivity index (χ1n) is 7.22. The van der Waals surface area contributed by atoms with E-state index >= 15 is 0 Å². The third-order valence-electron chi connectivity index (χ3n) is 4.58. The van der Waals surface area contributed by atoms with E-state index in [1.54, 1.807) is 0 Å². The number of nitrogens with zero attached hydrogens (tertiary/aromatic N) is 1. The van der Waals surface area contributed by atoms with Gasteiger partial charge in [-0.1, -0.05) is 13.8 Å². The van der Waals surface area contributed by atoms with Crippen LogP contribution in [0.3, 0.4) is 0 Å². The molecule has 2 saturated heterocycles. The summed E-state index contributed by atoms with van der Waals surface area (Å²) in [6.07, 6.45) is 7.05. The Morgan fingerprint density at radius 2 is 1.75 bits per heavy atom. The summed E-state index contributed by atoms with van der Waals surface area (Å²) in [5, 5.41) is 3.47. The van der Waals surface area contributed by atoms with E-state index in [2.05, 4.69) is 24.1 Å². The first kappa shape index (κ1) is 12.4. The molecule has 0 aromatic carbocycles. The third kappa shape index (κ3) is 3.21. The standard InChI is InChI=1S/C14H28N2/c1-12(2)13-4-3-10-16(11-7-13)14-5-8-15-9-6-14/h12-15H,3-11H2,1-2H3. The number of likely N-dealkylation sites (tertiary alicyclic amines) is 1. The molecule has 0 bridgehead atoms. The molecule has 94 valence electrons. The summed E-state index contributed by atoms with van der Waals surface area (Å²) in [5.74, 6) is 1.86. The van der Waals surface area contributed by atoms with Gasteiger partial charge < -0.3 is 10.2 Å². The van der Waals surface area contributed by atoms with E-state index in [-0.39, 0.29) is 0 Å². The second-order valence-electron chi connectivity index (χ2n) is 5.95. The topological polar surface area (TPSA) is 15.3 Å². The first-order valence-corrected chi connectivity index (χ1v) is 7.22. The molecule has 0 spiro atoms. The highest BCUT2D eigenvalue weighted by Crippen LogP contribution is 2.26. The second kappa shape index (κ2) is 6.02. The number of hydrogen-bond acceptors (Lipinski definition) is 2. The number of rotatable bonds is 2. The largest absolute Gasteiger partial charge is 0.317 e. The van der Waals surface area contributed by atoms with Crippen LogP contribution < -0.4 is 5.32 Å². The highest BCUT2D eigenvalue weighted by Gasteiger charge is 2.25. The summed E-state index contributed by atoms with van der Waals surface area (Å²) in [6.45, 7) is 9.96. The number of hydrogen-bond donors (Lipinski definition) is 1. The number of nitrogens with one attached hydrogen (secondary N) is 1. The molecule has 2 fully saturated rings. The normalized spacial score (nSPS) is 30.6. The van der Waals surface area contributed by atoms with Gasteiger partial charge in [0, 0.05) is 6.04 Å². The maximum Gasteiger partial charge on any atom is 0.0119 e. The van der Waals surface area contributed by atoms with Crippen molar-refractivity contribution in [1.29, 1.82) is 0 Å². The molecule has 0 aromatic rings. The van der Waals surface area contributed by atoms with Gasteiger partial charge >= 0.3 is 0 Å². The van der Waals surface area contributed by atoms with Crippen LogP contribution in [0.25, 0.3) is 0 Å². The van der Waals surface area contributed by atoms with Crippen LogP contribution in [-0.4, -0.2) is 37.1 Å². The minimum absolute atomic E-state index is 0.882.